The SMILES string of the molecule is O=C(NCCO)c1c(I)cc(I)c(N(CC(O)CO)C(=O)C(CO)CO)c1I. The second kappa shape index (κ2) is 12.8. The van der Waals surface area contributed by atoms with Gasteiger partial charge in [0.05, 0.1) is 59.8 Å². The number of nitrogens with one attached hydrogen (secondary N) is 1. The van der Waals surface area contributed by atoms with Gasteiger partial charge in [0.15, 0.2) is 0 Å². The van der Waals surface area contributed by atoms with Crippen molar-refractivity contribution < 1.29 is 35.1 Å². The molecule has 1 aromatic rings. The lowest BCUT2D eigenvalue weighted by Crippen LogP contribution is -2.45. The summed E-state index contributed by atoms with van der Waals surface area (Å²) in [7, 11) is 0. The van der Waals surface area contributed by atoms with Crippen LogP contribution < -0.4 is 10.2 Å². The fourth-order valence-corrected chi connectivity index (χ4v) is 6.73. The van der Waals surface area contributed by atoms with Gasteiger partial charge in [0.25, 0.3) is 5.91 Å². The van der Waals surface area contributed by atoms with Gasteiger partial charge in [0.2, 0.25) is 5.91 Å². The lowest BCUT2D eigenvalue weighted by molar-refractivity contribution is -0.125. The monoisotopic (exact) mass is 734 g/mol. The van der Waals surface area contributed by atoms with Gasteiger partial charge in [-0.2, -0.15) is 0 Å². The first kappa shape index (κ1) is 26.2. The molecule has 0 radical (unpaired) electrons. The van der Waals surface area contributed by atoms with Crippen LogP contribution in [0.15, 0.2) is 6.07 Å². The predicted molar refractivity (Wildman–Crippen MR) is 127 cm³/mol. The number of benzene rings is 1. The molecule has 0 aliphatic rings. The molecular weight excluding hydrogens is 713 g/mol. The molecule has 0 saturated heterocycles. The van der Waals surface area contributed by atoms with Crippen LogP contribution in [0, 0.1) is 16.6 Å². The van der Waals surface area contributed by atoms with Crippen molar-refractivity contribution in [2.75, 3.05) is 44.4 Å². The Morgan fingerprint density at radius 3 is 2.14 bits per heavy atom. The minimum Gasteiger partial charge on any atom is -0.395 e. The van der Waals surface area contributed by atoms with Crippen LogP contribution in [0.1, 0.15) is 10.4 Å². The number of amides is 2. The van der Waals surface area contributed by atoms with E-state index in [1.54, 1.807) is 6.07 Å². The number of rotatable bonds is 10. The lowest BCUT2D eigenvalue weighted by atomic mass is 10.1. The number of anilines is 1. The third kappa shape index (κ3) is 6.58. The van der Waals surface area contributed by atoms with Gasteiger partial charge in [0, 0.05) is 13.7 Å². The molecule has 1 unspecified atom stereocenters. The molecule has 1 atom stereocenters. The first-order valence-corrected chi connectivity index (χ1v) is 11.4. The summed E-state index contributed by atoms with van der Waals surface area (Å²) < 4.78 is 1.66. The van der Waals surface area contributed by atoms with Gasteiger partial charge in [-0.3, -0.25) is 9.59 Å². The third-order valence-corrected chi connectivity index (χ3v) is 6.42. The summed E-state index contributed by atoms with van der Waals surface area (Å²) in [5.74, 6) is -2.18. The third-order valence-electron chi connectivity index (χ3n) is 3.70. The Bertz CT molecular complexity index is 701. The molecule has 0 heterocycles. The minimum atomic E-state index is -1.25. The number of hydrogen-bond donors (Lipinski definition) is 6. The average Bonchev–Trinajstić information content (AvgIpc) is 2.65. The normalized spacial score (nSPS) is 12.2. The molecule has 0 fully saturated rings. The summed E-state index contributed by atoms with van der Waals surface area (Å²) in [6, 6.07) is 1.69. The van der Waals surface area contributed by atoms with Crippen molar-refractivity contribution >= 4 is 85.3 Å². The molecule has 2 amide bonds. The fourth-order valence-electron chi connectivity index (χ4n) is 2.29. The van der Waals surface area contributed by atoms with Crippen molar-refractivity contribution in [1.82, 2.24) is 5.32 Å². The van der Waals surface area contributed by atoms with E-state index in [1.165, 1.54) is 4.90 Å². The molecule has 28 heavy (non-hydrogen) atoms. The van der Waals surface area contributed by atoms with Gasteiger partial charge in [-0.15, -0.1) is 0 Å². The zero-order valence-corrected chi connectivity index (χ0v) is 21.1. The van der Waals surface area contributed by atoms with Crippen molar-refractivity contribution in [2.24, 2.45) is 5.92 Å². The van der Waals surface area contributed by atoms with E-state index in [2.05, 4.69) is 5.32 Å². The highest BCUT2D eigenvalue weighted by Crippen LogP contribution is 2.35. The van der Waals surface area contributed by atoms with Crippen LogP contribution in [0.4, 0.5) is 5.69 Å². The Balaban J connectivity index is 3.54. The first-order valence-electron chi connectivity index (χ1n) is 8.11. The molecule has 9 nitrogen and oxygen atoms in total. The molecule has 0 bridgehead atoms. The smallest absolute Gasteiger partial charge is 0.253 e. The number of nitrogens with zero attached hydrogens (tertiary/aromatic N) is 1. The van der Waals surface area contributed by atoms with E-state index in [0.717, 1.165) is 0 Å². The maximum absolute atomic E-state index is 12.9. The molecule has 1 rings (SSSR count). The largest absolute Gasteiger partial charge is 0.395 e. The maximum Gasteiger partial charge on any atom is 0.253 e. The van der Waals surface area contributed by atoms with Crippen LogP contribution >= 0.6 is 67.8 Å². The van der Waals surface area contributed by atoms with Crippen LogP contribution in [-0.2, 0) is 4.79 Å². The van der Waals surface area contributed by atoms with E-state index < -0.39 is 43.7 Å². The molecule has 0 saturated carbocycles. The highest BCUT2D eigenvalue weighted by Gasteiger charge is 2.31. The second-order valence-corrected chi connectivity index (χ2v) is 9.11. The Morgan fingerprint density at radius 2 is 1.64 bits per heavy atom. The summed E-state index contributed by atoms with van der Waals surface area (Å²) in [5, 5.41) is 49.4. The Hall–Kier alpha value is 0.150. The van der Waals surface area contributed by atoms with Crippen LogP contribution in [0.25, 0.3) is 0 Å². The molecule has 6 N–H and O–H groups in total. The quantitative estimate of drug-likeness (QED) is 0.178. The van der Waals surface area contributed by atoms with E-state index >= 15 is 0 Å². The number of aliphatic hydroxyl groups is 5. The fraction of sp³-hybridized carbons (Fsp3) is 0.500. The molecule has 0 aliphatic heterocycles. The van der Waals surface area contributed by atoms with Crippen molar-refractivity contribution in [1.29, 1.82) is 0 Å². The van der Waals surface area contributed by atoms with Crippen molar-refractivity contribution in [3.05, 3.63) is 22.3 Å². The van der Waals surface area contributed by atoms with E-state index in [0.29, 0.717) is 22.0 Å². The number of carbonyl (C=O) groups excluding carboxylic acids is 2. The van der Waals surface area contributed by atoms with E-state index in [9.17, 15) is 30.0 Å². The Morgan fingerprint density at radius 1 is 1.04 bits per heavy atom. The van der Waals surface area contributed by atoms with E-state index in [-0.39, 0.29) is 19.7 Å². The first-order chi connectivity index (χ1) is 13.2. The highest BCUT2D eigenvalue weighted by molar-refractivity contribution is 14.1. The van der Waals surface area contributed by atoms with Gasteiger partial charge in [-0.05, 0) is 73.8 Å². The zero-order valence-electron chi connectivity index (χ0n) is 14.6. The van der Waals surface area contributed by atoms with Crippen molar-refractivity contribution in [3.63, 3.8) is 0 Å². The number of hydrogen-bond acceptors (Lipinski definition) is 7. The molecule has 1 aromatic carbocycles. The van der Waals surface area contributed by atoms with E-state index in [1.807, 2.05) is 67.8 Å². The average molecular weight is 734 g/mol. The van der Waals surface area contributed by atoms with Crippen LogP contribution in [-0.4, -0.2) is 83.0 Å². The standard InChI is InChI=1S/C16H21I3N2O7/c17-10-3-11(18)14(13(19)12(10)15(27)20-1-2-22)21(4-9(26)7-25)16(28)8(5-23)6-24/h3,8-9,22-26H,1-2,4-7H2,(H,20,27). The molecule has 0 aromatic heterocycles. The summed E-state index contributed by atoms with van der Waals surface area (Å²) in [6.07, 6.45) is -1.25. The van der Waals surface area contributed by atoms with Crippen LogP contribution in [0.2, 0.25) is 0 Å². The highest BCUT2D eigenvalue weighted by atomic mass is 127. The second-order valence-electron chi connectivity index (χ2n) is 5.70. The minimum absolute atomic E-state index is 0.0648. The zero-order chi connectivity index (χ0) is 21.4. The molecule has 0 aliphatic carbocycles. The van der Waals surface area contributed by atoms with Gasteiger partial charge in [-0.1, -0.05) is 0 Å². The molecule has 12 heteroatoms. The lowest BCUT2D eigenvalue weighted by Gasteiger charge is -2.30. The topological polar surface area (TPSA) is 151 Å². The molecular formula is C16H21I3N2O7. The predicted octanol–water partition coefficient (Wildman–Crippen LogP) is -0.491. The maximum atomic E-state index is 12.9. The molecule has 158 valence electrons. The Labute approximate surface area is 202 Å². The summed E-state index contributed by atoms with van der Waals surface area (Å²) in [5.41, 5.74) is 0.631. The number of halogens is 3. The number of aliphatic hydroxyl groups excluding tert-OH is 5. The Kier molecular flexibility index (Phi) is 11.9. The van der Waals surface area contributed by atoms with Crippen molar-refractivity contribution in [2.45, 2.75) is 6.10 Å². The van der Waals surface area contributed by atoms with Crippen LogP contribution in [0.3, 0.4) is 0 Å². The van der Waals surface area contributed by atoms with Gasteiger partial charge >= 0.3 is 0 Å². The van der Waals surface area contributed by atoms with Crippen molar-refractivity contribution in [3.8, 4) is 0 Å². The number of carbonyl (C=O) groups is 2. The van der Waals surface area contributed by atoms with E-state index in [4.69, 9.17) is 5.11 Å². The summed E-state index contributed by atoms with van der Waals surface area (Å²) in [6.45, 7) is -2.22. The van der Waals surface area contributed by atoms with Gasteiger partial charge < -0.3 is 35.7 Å². The van der Waals surface area contributed by atoms with Gasteiger partial charge in [0.1, 0.15) is 0 Å². The van der Waals surface area contributed by atoms with Gasteiger partial charge in [-0.25, -0.2) is 0 Å². The summed E-state index contributed by atoms with van der Waals surface area (Å²) >= 11 is 5.90. The van der Waals surface area contributed by atoms with Crippen LogP contribution in [0.5, 0.6) is 0 Å². The summed E-state index contributed by atoms with van der Waals surface area (Å²) in [4.78, 5) is 26.6. The molecule has 0 spiro atoms.